The minimum Gasteiger partial charge on any atom is -0.301 e. The zero-order valence-corrected chi connectivity index (χ0v) is 13.3. The smallest absolute Gasteiger partial charge is 0.236 e. The van der Waals surface area contributed by atoms with E-state index in [1.807, 2.05) is 0 Å². The van der Waals surface area contributed by atoms with E-state index < -0.39 is 0 Å². The standard InChI is InChI=1S/C14H16N4OS2/c1-9-3-4-10-11(7-9)21-14(17-10)18-12(19)8-20-13-15-5-2-6-16-13/h2,5-6,9H,3-4,7-8H2,1H3,(H,17,18,19). The number of hydrogen-bond donors (Lipinski definition) is 1. The summed E-state index contributed by atoms with van der Waals surface area (Å²) in [6, 6.07) is 1.76. The number of amides is 1. The van der Waals surface area contributed by atoms with Gasteiger partial charge in [0.05, 0.1) is 11.4 Å². The summed E-state index contributed by atoms with van der Waals surface area (Å²) in [5.41, 5.74) is 1.16. The Labute approximate surface area is 131 Å². The predicted octanol–water partition coefficient (Wildman–Crippen LogP) is 2.79. The molecule has 2 aromatic heterocycles. The van der Waals surface area contributed by atoms with E-state index in [2.05, 4.69) is 27.2 Å². The Kier molecular flexibility index (Phi) is 4.50. The van der Waals surface area contributed by atoms with Crippen LogP contribution < -0.4 is 5.32 Å². The normalized spacial score (nSPS) is 17.3. The molecule has 110 valence electrons. The molecule has 7 heteroatoms. The van der Waals surface area contributed by atoms with Crippen molar-refractivity contribution in [3.05, 3.63) is 29.0 Å². The second-order valence-corrected chi connectivity index (χ2v) is 7.13. The molecule has 0 spiro atoms. The molecule has 3 rings (SSSR count). The Bertz CT molecular complexity index is 629. The first-order valence-electron chi connectivity index (χ1n) is 6.89. The second-order valence-electron chi connectivity index (χ2n) is 5.11. The number of carbonyl (C=O) groups excluding carboxylic acids is 1. The van der Waals surface area contributed by atoms with E-state index in [9.17, 15) is 4.79 Å². The van der Waals surface area contributed by atoms with Gasteiger partial charge in [-0.25, -0.2) is 15.0 Å². The SMILES string of the molecule is CC1CCc2nc(NC(=O)CSc3ncccn3)sc2C1. The van der Waals surface area contributed by atoms with Gasteiger partial charge in [-0.05, 0) is 31.2 Å². The van der Waals surface area contributed by atoms with Gasteiger partial charge in [0.2, 0.25) is 5.91 Å². The van der Waals surface area contributed by atoms with Gasteiger partial charge < -0.3 is 5.32 Å². The van der Waals surface area contributed by atoms with Crippen LogP contribution in [-0.2, 0) is 17.6 Å². The zero-order valence-electron chi connectivity index (χ0n) is 11.7. The Morgan fingerprint density at radius 2 is 2.29 bits per heavy atom. The minimum absolute atomic E-state index is 0.0633. The van der Waals surface area contributed by atoms with Crippen LogP contribution in [0, 0.1) is 5.92 Å². The van der Waals surface area contributed by atoms with Crippen LogP contribution in [0.2, 0.25) is 0 Å². The van der Waals surface area contributed by atoms with Gasteiger partial charge in [0, 0.05) is 17.3 Å². The van der Waals surface area contributed by atoms with E-state index in [1.54, 1.807) is 29.8 Å². The number of aryl methyl sites for hydroxylation is 1. The van der Waals surface area contributed by atoms with Crippen molar-refractivity contribution in [1.82, 2.24) is 15.0 Å². The molecular formula is C14H16N4OS2. The molecule has 1 amide bonds. The second kappa shape index (κ2) is 6.53. The van der Waals surface area contributed by atoms with Crippen molar-refractivity contribution in [1.29, 1.82) is 0 Å². The zero-order chi connectivity index (χ0) is 14.7. The molecule has 2 heterocycles. The van der Waals surface area contributed by atoms with E-state index in [0.717, 1.165) is 18.5 Å². The van der Waals surface area contributed by atoms with Gasteiger partial charge >= 0.3 is 0 Å². The minimum atomic E-state index is -0.0633. The summed E-state index contributed by atoms with van der Waals surface area (Å²) in [5, 5.41) is 4.20. The van der Waals surface area contributed by atoms with Crippen LogP contribution in [0.15, 0.2) is 23.6 Å². The molecule has 0 aliphatic heterocycles. The first kappa shape index (κ1) is 14.5. The van der Waals surface area contributed by atoms with Crippen molar-refractivity contribution in [2.75, 3.05) is 11.1 Å². The van der Waals surface area contributed by atoms with Gasteiger partial charge in [-0.1, -0.05) is 18.7 Å². The van der Waals surface area contributed by atoms with Gasteiger partial charge in [-0.2, -0.15) is 0 Å². The maximum Gasteiger partial charge on any atom is 0.236 e. The van der Waals surface area contributed by atoms with E-state index in [4.69, 9.17) is 0 Å². The fourth-order valence-corrected chi connectivity index (χ4v) is 4.03. The van der Waals surface area contributed by atoms with Crippen molar-refractivity contribution in [2.24, 2.45) is 5.92 Å². The summed E-state index contributed by atoms with van der Waals surface area (Å²) >= 11 is 2.93. The molecule has 0 saturated carbocycles. The van der Waals surface area contributed by atoms with Crippen LogP contribution in [-0.4, -0.2) is 26.6 Å². The lowest BCUT2D eigenvalue weighted by molar-refractivity contribution is -0.113. The first-order chi connectivity index (χ1) is 10.2. The van der Waals surface area contributed by atoms with Gasteiger partial charge in [-0.15, -0.1) is 11.3 Å². The highest BCUT2D eigenvalue weighted by molar-refractivity contribution is 7.99. The number of aromatic nitrogens is 3. The molecule has 1 N–H and O–H groups in total. The van der Waals surface area contributed by atoms with E-state index in [1.165, 1.54) is 23.1 Å². The summed E-state index contributed by atoms with van der Waals surface area (Å²) in [4.78, 5) is 25.9. The van der Waals surface area contributed by atoms with Crippen LogP contribution in [0.1, 0.15) is 23.9 Å². The Morgan fingerprint density at radius 1 is 1.48 bits per heavy atom. The lowest BCUT2D eigenvalue weighted by Crippen LogP contribution is -2.14. The van der Waals surface area contributed by atoms with Crippen LogP contribution in [0.4, 0.5) is 5.13 Å². The number of fused-ring (bicyclic) bond motifs is 1. The Balaban J connectivity index is 1.55. The molecule has 1 atom stereocenters. The number of thioether (sulfide) groups is 1. The van der Waals surface area contributed by atoms with Crippen molar-refractivity contribution >= 4 is 34.1 Å². The number of hydrogen-bond acceptors (Lipinski definition) is 6. The highest BCUT2D eigenvalue weighted by Gasteiger charge is 2.20. The summed E-state index contributed by atoms with van der Waals surface area (Å²) in [5.74, 6) is 0.948. The number of carbonyl (C=O) groups is 1. The Hall–Kier alpha value is -1.47. The molecule has 21 heavy (non-hydrogen) atoms. The van der Waals surface area contributed by atoms with Crippen LogP contribution in [0.3, 0.4) is 0 Å². The van der Waals surface area contributed by atoms with Gasteiger partial charge in [0.15, 0.2) is 10.3 Å². The molecule has 0 bridgehead atoms. The average molecular weight is 320 g/mol. The molecule has 0 saturated heterocycles. The molecule has 1 aliphatic carbocycles. The summed E-state index contributed by atoms with van der Waals surface area (Å²) in [6.45, 7) is 2.26. The van der Waals surface area contributed by atoms with E-state index in [0.29, 0.717) is 22.0 Å². The lowest BCUT2D eigenvalue weighted by Gasteiger charge is -2.15. The highest BCUT2D eigenvalue weighted by Crippen LogP contribution is 2.32. The maximum atomic E-state index is 11.9. The van der Waals surface area contributed by atoms with Crippen LogP contribution >= 0.6 is 23.1 Å². The number of anilines is 1. The van der Waals surface area contributed by atoms with Crippen LogP contribution in [0.25, 0.3) is 0 Å². The summed E-state index contributed by atoms with van der Waals surface area (Å²) in [6.07, 6.45) is 6.63. The number of nitrogens with zero attached hydrogens (tertiary/aromatic N) is 3. The molecule has 1 unspecified atom stereocenters. The summed E-state index contributed by atoms with van der Waals surface area (Å²) < 4.78 is 0. The first-order valence-corrected chi connectivity index (χ1v) is 8.69. The average Bonchev–Trinajstić information content (AvgIpc) is 2.87. The fourth-order valence-electron chi connectivity index (χ4n) is 2.24. The largest absolute Gasteiger partial charge is 0.301 e. The van der Waals surface area contributed by atoms with E-state index >= 15 is 0 Å². The van der Waals surface area contributed by atoms with Crippen molar-refractivity contribution in [2.45, 2.75) is 31.3 Å². The molecule has 1 aliphatic rings. The number of thiazole rings is 1. The van der Waals surface area contributed by atoms with Crippen molar-refractivity contribution < 1.29 is 4.79 Å². The van der Waals surface area contributed by atoms with Gasteiger partial charge in [0.25, 0.3) is 0 Å². The third kappa shape index (κ3) is 3.79. The molecule has 2 aromatic rings. The lowest BCUT2D eigenvalue weighted by atomic mass is 9.93. The topological polar surface area (TPSA) is 67.8 Å². The monoisotopic (exact) mass is 320 g/mol. The summed E-state index contributed by atoms with van der Waals surface area (Å²) in [7, 11) is 0. The molecule has 0 radical (unpaired) electrons. The van der Waals surface area contributed by atoms with Crippen LogP contribution in [0.5, 0.6) is 0 Å². The molecule has 5 nitrogen and oxygen atoms in total. The third-order valence-corrected chi connectivity index (χ3v) is 5.22. The molecule has 0 fully saturated rings. The molecule has 0 aromatic carbocycles. The van der Waals surface area contributed by atoms with E-state index in [-0.39, 0.29) is 5.91 Å². The fraction of sp³-hybridized carbons (Fsp3) is 0.429. The maximum absolute atomic E-state index is 11.9. The number of rotatable bonds is 4. The van der Waals surface area contributed by atoms with Crippen molar-refractivity contribution in [3.63, 3.8) is 0 Å². The van der Waals surface area contributed by atoms with Gasteiger partial charge in [-0.3, -0.25) is 4.79 Å². The van der Waals surface area contributed by atoms with Crippen molar-refractivity contribution in [3.8, 4) is 0 Å². The quantitative estimate of drug-likeness (QED) is 0.693. The number of nitrogens with one attached hydrogen (secondary N) is 1. The highest BCUT2D eigenvalue weighted by atomic mass is 32.2. The third-order valence-electron chi connectivity index (χ3n) is 3.31. The van der Waals surface area contributed by atoms with Gasteiger partial charge in [0.1, 0.15) is 0 Å². The molecular weight excluding hydrogens is 304 g/mol. The Morgan fingerprint density at radius 3 is 3.10 bits per heavy atom. The predicted molar refractivity (Wildman–Crippen MR) is 84.7 cm³/mol.